The van der Waals surface area contributed by atoms with Crippen LogP contribution in [0.15, 0.2) is 30.6 Å². The molecule has 1 aromatic heterocycles. The van der Waals surface area contributed by atoms with Gasteiger partial charge in [-0.2, -0.15) is 0 Å². The normalized spacial score (nSPS) is 17.1. The Morgan fingerprint density at radius 3 is 2.89 bits per heavy atom. The molecule has 1 N–H and O–H groups in total. The van der Waals surface area contributed by atoms with Gasteiger partial charge in [-0.3, -0.25) is 9.78 Å². The first-order valence-corrected chi connectivity index (χ1v) is 9.63. The number of amides is 1. The van der Waals surface area contributed by atoms with Crippen LogP contribution in [0.3, 0.4) is 0 Å². The molecule has 0 aliphatic carbocycles. The zero-order valence-electron chi connectivity index (χ0n) is 16.1. The van der Waals surface area contributed by atoms with E-state index in [1.54, 1.807) is 19.4 Å². The molecule has 27 heavy (non-hydrogen) atoms. The minimum atomic E-state index is -0.129. The van der Waals surface area contributed by atoms with E-state index < -0.39 is 0 Å². The third kappa shape index (κ3) is 4.60. The lowest BCUT2D eigenvalue weighted by atomic mass is 10.00. The molecule has 0 radical (unpaired) electrons. The first-order chi connectivity index (χ1) is 13.0. The molecule has 1 aromatic carbocycles. The van der Waals surface area contributed by atoms with E-state index in [-0.39, 0.29) is 11.9 Å². The second kappa shape index (κ2) is 8.72. The maximum atomic E-state index is 12.4. The number of rotatable bonds is 6. The molecule has 0 saturated carbocycles. The van der Waals surface area contributed by atoms with Gasteiger partial charge in [-0.05, 0) is 55.5 Å². The van der Waals surface area contributed by atoms with Gasteiger partial charge in [-0.25, -0.2) is 0 Å². The zero-order chi connectivity index (χ0) is 19.4. The Balaban J connectivity index is 1.52. The van der Waals surface area contributed by atoms with Crippen LogP contribution in [0.5, 0.6) is 5.75 Å². The van der Waals surface area contributed by atoms with Crippen LogP contribution >= 0.6 is 11.6 Å². The number of nitrogens with one attached hydrogen (secondary N) is 1. The van der Waals surface area contributed by atoms with Gasteiger partial charge in [0.25, 0.3) is 5.91 Å². The second-order valence-corrected chi connectivity index (χ2v) is 7.45. The van der Waals surface area contributed by atoms with Crippen LogP contribution in [0.2, 0.25) is 5.02 Å². The molecule has 1 unspecified atom stereocenters. The zero-order valence-corrected chi connectivity index (χ0v) is 16.8. The molecular formula is C21H26ClN3O2. The van der Waals surface area contributed by atoms with Crippen molar-refractivity contribution in [2.24, 2.45) is 0 Å². The SMILES string of the molecule is COc1ccc(CCN2CCC(NC(=O)c3ccncc3Cl)C2)c(C)c1C. The van der Waals surface area contributed by atoms with Crippen LogP contribution in [-0.4, -0.2) is 48.6 Å². The number of pyridine rings is 1. The van der Waals surface area contributed by atoms with Crippen LogP contribution in [0, 0.1) is 13.8 Å². The van der Waals surface area contributed by atoms with Gasteiger partial charge in [0.05, 0.1) is 17.7 Å². The number of likely N-dealkylation sites (tertiary alicyclic amines) is 1. The molecule has 5 nitrogen and oxygen atoms in total. The van der Waals surface area contributed by atoms with Crippen molar-refractivity contribution in [1.29, 1.82) is 0 Å². The van der Waals surface area contributed by atoms with E-state index in [0.29, 0.717) is 10.6 Å². The number of benzene rings is 1. The molecule has 1 atom stereocenters. The molecule has 2 aromatic rings. The average molecular weight is 388 g/mol. The third-order valence-corrected chi connectivity index (χ3v) is 5.69. The van der Waals surface area contributed by atoms with E-state index in [1.165, 1.54) is 22.9 Å². The predicted octanol–water partition coefficient (Wildman–Crippen LogP) is 3.41. The molecule has 1 fully saturated rings. The maximum Gasteiger partial charge on any atom is 0.253 e. The van der Waals surface area contributed by atoms with Crippen molar-refractivity contribution >= 4 is 17.5 Å². The molecule has 1 aliphatic rings. The van der Waals surface area contributed by atoms with Gasteiger partial charge in [0, 0.05) is 38.1 Å². The number of hydrogen-bond acceptors (Lipinski definition) is 4. The van der Waals surface area contributed by atoms with Crippen molar-refractivity contribution in [3.05, 3.63) is 57.9 Å². The highest BCUT2D eigenvalue weighted by molar-refractivity contribution is 6.33. The highest BCUT2D eigenvalue weighted by Crippen LogP contribution is 2.24. The molecular weight excluding hydrogens is 362 g/mol. The minimum absolute atomic E-state index is 0.129. The standard InChI is InChI=1S/C21H26ClN3O2/c1-14-15(2)20(27-3)5-4-16(14)7-10-25-11-8-17(13-25)24-21(26)18-6-9-23-12-19(18)22/h4-6,9,12,17H,7-8,10-11,13H2,1-3H3,(H,24,26). The van der Waals surface area contributed by atoms with Crippen LogP contribution in [0.4, 0.5) is 0 Å². The van der Waals surface area contributed by atoms with Gasteiger partial charge < -0.3 is 15.0 Å². The highest BCUT2D eigenvalue weighted by Gasteiger charge is 2.24. The summed E-state index contributed by atoms with van der Waals surface area (Å²) in [5.41, 5.74) is 4.33. The Hall–Kier alpha value is -2.11. The summed E-state index contributed by atoms with van der Waals surface area (Å²) in [5, 5.41) is 3.47. The van der Waals surface area contributed by atoms with E-state index in [1.807, 2.05) is 6.07 Å². The Labute approximate surface area is 165 Å². The summed E-state index contributed by atoms with van der Waals surface area (Å²) in [6.07, 6.45) is 5.03. The third-order valence-electron chi connectivity index (χ3n) is 5.39. The summed E-state index contributed by atoms with van der Waals surface area (Å²) in [7, 11) is 1.71. The molecule has 0 spiro atoms. The lowest BCUT2D eigenvalue weighted by Gasteiger charge is -2.18. The van der Waals surface area contributed by atoms with Crippen LogP contribution in [0.1, 0.15) is 33.5 Å². The molecule has 6 heteroatoms. The van der Waals surface area contributed by atoms with E-state index in [9.17, 15) is 4.79 Å². The lowest BCUT2D eigenvalue weighted by molar-refractivity contribution is 0.0938. The fourth-order valence-electron chi connectivity index (χ4n) is 3.60. The van der Waals surface area contributed by atoms with Crippen molar-refractivity contribution in [3.63, 3.8) is 0 Å². The number of carbonyl (C=O) groups excluding carboxylic acids is 1. The van der Waals surface area contributed by atoms with E-state index >= 15 is 0 Å². The molecule has 3 rings (SSSR count). The number of ether oxygens (including phenoxy) is 1. The van der Waals surface area contributed by atoms with Crippen molar-refractivity contribution < 1.29 is 9.53 Å². The van der Waals surface area contributed by atoms with Gasteiger partial charge in [0.2, 0.25) is 0 Å². The summed E-state index contributed by atoms with van der Waals surface area (Å²) in [6, 6.07) is 6.00. The number of halogens is 1. The summed E-state index contributed by atoms with van der Waals surface area (Å²) < 4.78 is 5.39. The molecule has 0 bridgehead atoms. The summed E-state index contributed by atoms with van der Waals surface area (Å²) in [4.78, 5) is 18.7. The summed E-state index contributed by atoms with van der Waals surface area (Å²) >= 11 is 6.06. The van der Waals surface area contributed by atoms with E-state index in [4.69, 9.17) is 16.3 Å². The van der Waals surface area contributed by atoms with Crippen LogP contribution in [-0.2, 0) is 6.42 Å². The smallest absolute Gasteiger partial charge is 0.253 e. The van der Waals surface area contributed by atoms with Crippen LogP contribution < -0.4 is 10.1 Å². The second-order valence-electron chi connectivity index (χ2n) is 7.04. The Morgan fingerprint density at radius 2 is 2.15 bits per heavy atom. The van der Waals surface area contributed by atoms with Crippen molar-refractivity contribution in [1.82, 2.24) is 15.2 Å². The number of carbonyl (C=O) groups is 1. The van der Waals surface area contributed by atoms with Crippen molar-refractivity contribution in [2.75, 3.05) is 26.7 Å². The first-order valence-electron chi connectivity index (χ1n) is 9.25. The van der Waals surface area contributed by atoms with Crippen LogP contribution in [0.25, 0.3) is 0 Å². The molecule has 1 aliphatic heterocycles. The monoisotopic (exact) mass is 387 g/mol. The van der Waals surface area contributed by atoms with Gasteiger partial charge >= 0.3 is 0 Å². The van der Waals surface area contributed by atoms with Gasteiger partial charge in [-0.15, -0.1) is 0 Å². The van der Waals surface area contributed by atoms with Gasteiger partial charge in [0.1, 0.15) is 5.75 Å². The van der Waals surface area contributed by atoms with E-state index in [2.05, 4.69) is 35.1 Å². The lowest BCUT2D eigenvalue weighted by Crippen LogP contribution is -2.37. The summed E-state index contributed by atoms with van der Waals surface area (Å²) in [5.74, 6) is 0.811. The average Bonchev–Trinajstić information content (AvgIpc) is 3.10. The minimum Gasteiger partial charge on any atom is -0.496 e. The Bertz CT molecular complexity index is 825. The molecule has 2 heterocycles. The van der Waals surface area contributed by atoms with Crippen molar-refractivity contribution in [2.45, 2.75) is 32.7 Å². The van der Waals surface area contributed by atoms with Crippen molar-refractivity contribution in [3.8, 4) is 5.75 Å². The quantitative estimate of drug-likeness (QED) is 0.825. The first kappa shape index (κ1) is 19.6. The largest absolute Gasteiger partial charge is 0.496 e. The maximum absolute atomic E-state index is 12.4. The fraction of sp³-hybridized carbons (Fsp3) is 0.429. The number of nitrogens with zero attached hydrogens (tertiary/aromatic N) is 2. The Morgan fingerprint density at radius 1 is 1.33 bits per heavy atom. The summed E-state index contributed by atoms with van der Waals surface area (Å²) in [6.45, 7) is 7.09. The number of aromatic nitrogens is 1. The predicted molar refractivity (Wildman–Crippen MR) is 108 cm³/mol. The van der Waals surface area contributed by atoms with Gasteiger partial charge in [0.15, 0.2) is 0 Å². The Kier molecular flexibility index (Phi) is 6.34. The van der Waals surface area contributed by atoms with Gasteiger partial charge in [-0.1, -0.05) is 17.7 Å². The van der Waals surface area contributed by atoms with E-state index in [0.717, 1.165) is 38.2 Å². The molecule has 1 saturated heterocycles. The topological polar surface area (TPSA) is 54.5 Å². The fourth-order valence-corrected chi connectivity index (χ4v) is 3.80. The number of hydrogen-bond donors (Lipinski definition) is 1. The molecule has 144 valence electrons. The number of methoxy groups -OCH3 is 1. The molecule has 1 amide bonds. The highest BCUT2D eigenvalue weighted by atomic mass is 35.5.